The number of ketones is 1. The summed E-state index contributed by atoms with van der Waals surface area (Å²) in [7, 11) is 2.92. The number of nitrogens with zero attached hydrogens (tertiary/aromatic N) is 1. The lowest BCUT2D eigenvalue weighted by atomic mass is 10.00. The van der Waals surface area contributed by atoms with Crippen LogP contribution < -0.4 is 19.7 Å². The molecule has 4 rings (SSSR count). The van der Waals surface area contributed by atoms with Crippen molar-refractivity contribution in [3.8, 4) is 11.5 Å². The van der Waals surface area contributed by atoms with Gasteiger partial charge in [-0.2, -0.15) is 0 Å². The van der Waals surface area contributed by atoms with Crippen molar-refractivity contribution in [3.63, 3.8) is 0 Å². The Bertz CT molecular complexity index is 1520. The van der Waals surface area contributed by atoms with Crippen LogP contribution >= 0.6 is 0 Å². The van der Waals surface area contributed by atoms with E-state index in [-0.39, 0.29) is 18.3 Å². The minimum Gasteiger partial charge on any atom is -0.495 e. The molecule has 0 aliphatic carbocycles. The molecule has 0 radical (unpaired) electrons. The first-order valence-electron chi connectivity index (χ1n) is 14.1. The van der Waals surface area contributed by atoms with Gasteiger partial charge in [-0.25, -0.2) is 4.79 Å². The monoisotopic (exact) mass is 580 g/mol. The van der Waals surface area contributed by atoms with Crippen LogP contribution in [0.2, 0.25) is 0 Å². The number of ether oxygens (including phenoxy) is 3. The van der Waals surface area contributed by atoms with Crippen molar-refractivity contribution < 1.29 is 28.6 Å². The Labute approximate surface area is 252 Å². The summed E-state index contributed by atoms with van der Waals surface area (Å²) < 4.78 is 16.5. The van der Waals surface area contributed by atoms with Gasteiger partial charge in [-0.05, 0) is 42.0 Å². The van der Waals surface area contributed by atoms with E-state index in [0.29, 0.717) is 53.4 Å². The van der Waals surface area contributed by atoms with E-state index in [9.17, 15) is 14.4 Å². The average Bonchev–Trinajstić information content (AvgIpc) is 3.06. The molecule has 0 saturated heterocycles. The highest BCUT2D eigenvalue weighted by atomic mass is 16.5. The second kappa shape index (κ2) is 15.2. The molecule has 0 saturated carbocycles. The predicted molar refractivity (Wildman–Crippen MR) is 167 cm³/mol. The molecule has 1 amide bonds. The summed E-state index contributed by atoms with van der Waals surface area (Å²) in [5, 5.41) is 3.23. The number of amides is 1. The lowest BCUT2D eigenvalue weighted by Crippen LogP contribution is -2.34. The molecule has 0 heterocycles. The van der Waals surface area contributed by atoms with Crippen LogP contribution in [0.25, 0.3) is 0 Å². The number of rotatable bonds is 14. The molecule has 1 unspecified atom stereocenters. The number of esters is 1. The standard InChI is InChI=1S/C35H36N2O6/c1-4-33(38)37(31-16-10-11-17-32(31)41-2)22-23-43-27-20-18-25(19-21-27)24-30(35(40)42-3)36-29-15-9-8-14-28(29)34(39)26-12-6-5-7-13-26/h5-21,30,36H,4,22-24H2,1-3H3. The van der Waals surface area contributed by atoms with Crippen molar-refractivity contribution in [1.29, 1.82) is 0 Å². The second-order valence-corrected chi connectivity index (χ2v) is 9.73. The Morgan fingerprint density at radius 3 is 2.19 bits per heavy atom. The van der Waals surface area contributed by atoms with E-state index in [4.69, 9.17) is 14.2 Å². The quantitative estimate of drug-likeness (QED) is 0.146. The van der Waals surface area contributed by atoms with Crippen LogP contribution in [0, 0.1) is 0 Å². The third-order valence-electron chi connectivity index (χ3n) is 6.95. The van der Waals surface area contributed by atoms with Crippen LogP contribution in [0.4, 0.5) is 11.4 Å². The summed E-state index contributed by atoms with van der Waals surface area (Å²) in [5.41, 5.74) is 3.15. The summed E-state index contributed by atoms with van der Waals surface area (Å²) in [6.07, 6.45) is 0.681. The molecular weight excluding hydrogens is 544 g/mol. The van der Waals surface area contributed by atoms with Crippen molar-refractivity contribution in [2.75, 3.05) is 37.6 Å². The molecule has 0 spiro atoms. The van der Waals surface area contributed by atoms with E-state index in [1.165, 1.54) is 7.11 Å². The third-order valence-corrected chi connectivity index (χ3v) is 6.95. The number of para-hydroxylation sites is 3. The Morgan fingerprint density at radius 1 is 0.814 bits per heavy atom. The number of anilines is 2. The zero-order valence-corrected chi connectivity index (χ0v) is 24.6. The zero-order valence-electron chi connectivity index (χ0n) is 24.6. The van der Waals surface area contributed by atoms with E-state index >= 15 is 0 Å². The fourth-order valence-corrected chi connectivity index (χ4v) is 4.71. The lowest BCUT2D eigenvalue weighted by molar-refractivity contribution is -0.141. The van der Waals surface area contributed by atoms with Crippen LogP contribution in [-0.2, 0) is 20.7 Å². The molecule has 222 valence electrons. The van der Waals surface area contributed by atoms with Crippen molar-refractivity contribution in [2.24, 2.45) is 0 Å². The fourth-order valence-electron chi connectivity index (χ4n) is 4.71. The van der Waals surface area contributed by atoms with Gasteiger partial charge in [-0.1, -0.05) is 73.7 Å². The largest absolute Gasteiger partial charge is 0.495 e. The molecule has 4 aromatic rings. The molecule has 0 aromatic heterocycles. The molecule has 8 heteroatoms. The van der Waals surface area contributed by atoms with E-state index in [0.717, 1.165) is 5.56 Å². The molecule has 4 aromatic carbocycles. The highest BCUT2D eigenvalue weighted by Crippen LogP contribution is 2.28. The van der Waals surface area contributed by atoms with Gasteiger partial charge in [0, 0.05) is 29.7 Å². The predicted octanol–water partition coefficient (Wildman–Crippen LogP) is 5.94. The Hall–Kier alpha value is -5.11. The highest BCUT2D eigenvalue weighted by Gasteiger charge is 2.23. The van der Waals surface area contributed by atoms with E-state index in [1.807, 2.05) is 79.7 Å². The minimum absolute atomic E-state index is 0.0307. The number of carbonyl (C=O) groups excluding carboxylic acids is 3. The van der Waals surface area contributed by atoms with Crippen LogP contribution in [0.5, 0.6) is 11.5 Å². The first-order chi connectivity index (χ1) is 20.9. The van der Waals surface area contributed by atoms with Gasteiger partial charge in [-0.3, -0.25) is 9.59 Å². The number of hydrogen-bond donors (Lipinski definition) is 1. The van der Waals surface area contributed by atoms with Gasteiger partial charge in [0.15, 0.2) is 5.78 Å². The zero-order chi connectivity index (χ0) is 30.6. The van der Waals surface area contributed by atoms with Crippen LogP contribution in [0.1, 0.15) is 34.8 Å². The summed E-state index contributed by atoms with van der Waals surface area (Å²) in [6.45, 7) is 2.45. The van der Waals surface area contributed by atoms with E-state index in [2.05, 4.69) is 5.32 Å². The first-order valence-corrected chi connectivity index (χ1v) is 14.1. The maximum atomic E-state index is 13.2. The summed E-state index contributed by atoms with van der Waals surface area (Å²) in [6, 6.07) is 30.2. The van der Waals surface area contributed by atoms with Crippen molar-refractivity contribution in [1.82, 2.24) is 0 Å². The second-order valence-electron chi connectivity index (χ2n) is 9.73. The van der Waals surface area contributed by atoms with Crippen molar-refractivity contribution >= 4 is 29.0 Å². The SMILES string of the molecule is CCC(=O)N(CCOc1ccc(CC(Nc2ccccc2C(=O)c2ccccc2)C(=O)OC)cc1)c1ccccc1OC. The number of benzene rings is 4. The molecule has 0 aliphatic rings. The van der Waals surface area contributed by atoms with Crippen LogP contribution in [-0.4, -0.2) is 51.1 Å². The first kappa shape index (κ1) is 30.8. The number of carbonyl (C=O) groups is 3. The molecule has 0 fully saturated rings. The van der Waals surface area contributed by atoms with Crippen molar-refractivity contribution in [2.45, 2.75) is 25.8 Å². The molecule has 0 bridgehead atoms. The van der Waals surface area contributed by atoms with Gasteiger partial charge in [0.2, 0.25) is 5.91 Å². The summed E-state index contributed by atoms with van der Waals surface area (Å²) in [4.78, 5) is 40.3. The fraction of sp³-hybridized carbons (Fsp3) is 0.229. The van der Waals surface area contributed by atoms with Gasteiger partial charge < -0.3 is 24.4 Å². The van der Waals surface area contributed by atoms with Gasteiger partial charge in [-0.15, -0.1) is 0 Å². The summed E-state index contributed by atoms with van der Waals surface area (Å²) in [5.74, 6) is 0.637. The normalized spacial score (nSPS) is 11.2. The third kappa shape index (κ3) is 8.01. The van der Waals surface area contributed by atoms with E-state index in [1.54, 1.807) is 42.3 Å². The Balaban J connectivity index is 1.42. The smallest absolute Gasteiger partial charge is 0.328 e. The Kier molecular flexibility index (Phi) is 10.9. The van der Waals surface area contributed by atoms with E-state index < -0.39 is 12.0 Å². The van der Waals surface area contributed by atoms with Crippen LogP contribution in [0.3, 0.4) is 0 Å². The van der Waals surface area contributed by atoms with Crippen LogP contribution in [0.15, 0.2) is 103 Å². The maximum absolute atomic E-state index is 13.2. The number of hydrogen-bond acceptors (Lipinski definition) is 7. The van der Waals surface area contributed by atoms with Gasteiger partial charge in [0.05, 0.1) is 26.5 Å². The Morgan fingerprint density at radius 2 is 1.49 bits per heavy atom. The van der Waals surface area contributed by atoms with Gasteiger partial charge in [0.1, 0.15) is 24.1 Å². The lowest BCUT2D eigenvalue weighted by Gasteiger charge is -2.24. The molecule has 1 atom stereocenters. The number of nitrogens with one attached hydrogen (secondary N) is 1. The van der Waals surface area contributed by atoms with Crippen molar-refractivity contribution in [3.05, 3.63) is 120 Å². The molecular formula is C35H36N2O6. The molecule has 8 nitrogen and oxygen atoms in total. The molecule has 0 aliphatic heterocycles. The molecule has 1 N–H and O–H groups in total. The van der Waals surface area contributed by atoms with Gasteiger partial charge in [0.25, 0.3) is 0 Å². The topological polar surface area (TPSA) is 94.2 Å². The number of methoxy groups -OCH3 is 2. The average molecular weight is 581 g/mol. The highest BCUT2D eigenvalue weighted by molar-refractivity contribution is 6.12. The minimum atomic E-state index is -0.726. The molecule has 43 heavy (non-hydrogen) atoms. The maximum Gasteiger partial charge on any atom is 0.328 e. The summed E-state index contributed by atoms with van der Waals surface area (Å²) >= 11 is 0. The van der Waals surface area contributed by atoms with Gasteiger partial charge >= 0.3 is 5.97 Å².